The van der Waals surface area contributed by atoms with Gasteiger partial charge in [-0.05, 0) is 25.7 Å². The van der Waals surface area contributed by atoms with E-state index in [0.29, 0.717) is 17.4 Å². The lowest BCUT2D eigenvalue weighted by molar-refractivity contribution is -0.138. The van der Waals surface area contributed by atoms with Gasteiger partial charge in [0.25, 0.3) is 5.91 Å². The first-order chi connectivity index (χ1) is 9.40. The standard InChI is InChI=1S/C14H21N3O3/c1-8(2)7-17-12(10-4-5-10)11(6-15-17)13(18)16-9(3)14(19)20/h6,8-10H,4-5,7H2,1-3H3,(H,16,18)(H,19,20)/t9-/m0/s1. The molecule has 0 spiro atoms. The highest BCUT2D eigenvalue weighted by Gasteiger charge is 2.33. The van der Waals surface area contributed by atoms with Crippen molar-refractivity contribution in [3.8, 4) is 0 Å². The first-order valence-corrected chi connectivity index (χ1v) is 6.99. The molecular weight excluding hydrogens is 258 g/mol. The second kappa shape index (κ2) is 5.64. The summed E-state index contributed by atoms with van der Waals surface area (Å²) in [6, 6.07) is -0.900. The van der Waals surface area contributed by atoms with E-state index in [9.17, 15) is 9.59 Å². The molecule has 2 rings (SSSR count). The maximum atomic E-state index is 12.2. The number of carbonyl (C=O) groups is 2. The fraction of sp³-hybridized carbons (Fsp3) is 0.643. The maximum absolute atomic E-state index is 12.2. The van der Waals surface area contributed by atoms with Gasteiger partial charge in [-0.15, -0.1) is 0 Å². The van der Waals surface area contributed by atoms with Crippen molar-refractivity contribution in [2.24, 2.45) is 5.92 Å². The molecule has 6 heteroatoms. The molecule has 1 aromatic rings. The minimum absolute atomic E-state index is 0.350. The number of carboxylic acids is 1. The molecule has 0 aliphatic heterocycles. The van der Waals surface area contributed by atoms with Gasteiger partial charge in [0.15, 0.2) is 0 Å². The molecule has 0 bridgehead atoms. The van der Waals surface area contributed by atoms with Gasteiger partial charge >= 0.3 is 5.97 Å². The molecule has 1 aliphatic carbocycles. The molecule has 0 unspecified atom stereocenters. The summed E-state index contributed by atoms with van der Waals surface area (Å²) >= 11 is 0. The van der Waals surface area contributed by atoms with E-state index in [4.69, 9.17) is 5.11 Å². The van der Waals surface area contributed by atoms with Crippen molar-refractivity contribution >= 4 is 11.9 Å². The highest BCUT2D eigenvalue weighted by atomic mass is 16.4. The quantitative estimate of drug-likeness (QED) is 0.828. The molecule has 1 aliphatic rings. The number of rotatable bonds is 6. The van der Waals surface area contributed by atoms with Gasteiger partial charge in [-0.1, -0.05) is 13.8 Å². The second-order valence-corrected chi connectivity index (χ2v) is 5.83. The van der Waals surface area contributed by atoms with E-state index in [1.54, 1.807) is 6.20 Å². The average molecular weight is 279 g/mol. The minimum Gasteiger partial charge on any atom is -0.480 e. The van der Waals surface area contributed by atoms with Gasteiger partial charge in [0, 0.05) is 12.5 Å². The van der Waals surface area contributed by atoms with Gasteiger partial charge in [-0.3, -0.25) is 14.3 Å². The summed E-state index contributed by atoms with van der Waals surface area (Å²) in [5.41, 5.74) is 1.47. The Balaban J connectivity index is 2.20. The highest BCUT2D eigenvalue weighted by Crippen LogP contribution is 2.41. The summed E-state index contributed by atoms with van der Waals surface area (Å²) in [7, 11) is 0. The molecule has 1 atom stereocenters. The predicted molar refractivity (Wildman–Crippen MR) is 73.6 cm³/mol. The van der Waals surface area contributed by atoms with Crippen LogP contribution in [0.5, 0.6) is 0 Å². The first kappa shape index (κ1) is 14.6. The van der Waals surface area contributed by atoms with Gasteiger partial charge < -0.3 is 10.4 Å². The fourth-order valence-corrected chi connectivity index (χ4v) is 2.18. The molecule has 0 radical (unpaired) electrons. The van der Waals surface area contributed by atoms with E-state index >= 15 is 0 Å². The Morgan fingerprint density at radius 1 is 1.45 bits per heavy atom. The molecule has 1 amide bonds. The number of aromatic nitrogens is 2. The number of nitrogens with zero attached hydrogens (tertiary/aromatic N) is 2. The van der Waals surface area contributed by atoms with Crippen LogP contribution in [0.25, 0.3) is 0 Å². The van der Waals surface area contributed by atoms with E-state index in [-0.39, 0.29) is 5.91 Å². The monoisotopic (exact) mass is 279 g/mol. The molecule has 1 aromatic heterocycles. The Bertz CT molecular complexity index is 518. The second-order valence-electron chi connectivity index (χ2n) is 5.83. The Kier molecular flexibility index (Phi) is 4.11. The van der Waals surface area contributed by atoms with Crippen LogP contribution in [0.15, 0.2) is 6.20 Å². The van der Waals surface area contributed by atoms with Crippen molar-refractivity contribution in [2.75, 3.05) is 0 Å². The van der Waals surface area contributed by atoms with Crippen LogP contribution >= 0.6 is 0 Å². The van der Waals surface area contributed by atoms with Crippen molar-refractivity contribution in [3.63, 3.8) is 0 Å². The lowest BCUT2D eigenvalue weighted by Crippen LogP contribution is -2.38. The van der Waals surface area contributed by atoms with Crippen LogP contribution in [-0.4, -0.2) is 32.8 Å². The molecule has 6 nitrogen and oxygen atoms in total. The number of nitrogens with one attached hydrogen (secondary N) is 1. The Morgan fingerprint density at radius 3 is 2.60 bits per heavy atom. The number of hydrogen-bond acceptors (Lipinski definition) is 3. The molecule has 1 heterocycles. The zero-order valence-electron chi connectivity index (χ0n) is 12.1. The van der Waals surface area contributed by atoms with E-state index in [2.05, 4.69) is 24.3 Å². The first-order valence-electron chi connectivity index (χ1n) is 6.99. The molecule has 1 fully saturated rings. The van der Waals surface area contributed by atoms with E-state index in [1.807, 2.05) is 4.68 Å². The molecule has 110 valence electrons. The molecule has 0 saturated heterocycles. The summed E-state index contributed by atoms with van der Waals surface area (Å²) < 4.78 is 1.89. The summed E-state index contributed by atoms with van der Waals surface area (Å²) in [5.74, 6) is -0.559. The van der Waals surface area contributed by atoms with Gasteiger partial charge in [-0.2, -0.15) is 5.10 Å². The Hall–Kier alpha value is -1.85. The van der Waals surface area contributed by atoms with Crippen LogP contribution in [0, 0.1) is 5.92 Å². The molecule has 20 heavy (non-hydrogen) atoms. The van der Waals surface area contributed by atoms with E-state index < -0.39 is 12.0 Å². The SMILES string of the molecule is CC(C)Cn1ncc(C(=O)N[C@@H](C)C(=O)O)c1C1CC1. The summed E-state index contributed by atoms with van der Waals surface area (Å²) in [5, 5.41) is 15.6. The Morgan fingerprint density at radius 2 is 2.10 bits per heavy atom. The van der Waals surface area contributed by atoms with Crippen molar-refractivity contribution in [3.05, 3.63) is 17.5 Å². The minimum atomic E-state index is -1.04. The predicted octanol–water partition coefficient (Wildman–Crippen LogP) is 1.62. The topological polar surface area (TPSA) is 84.2 Å². The summed E-state index contributed by atoms with van der Waals surface area (Å²) in [4.78, 5) is 23.0. The van der Waals surface area contributed by atoms with Gasteiger partial charge in [0.1, 0.15) is 6.04 Å². The van der Waals surface area contributed by atoms with E-state index in [0.717, 1.165) is 25.1 Å². The van der Waals surface area contributed by atoms with Gasteiger partial charge in [0.2, 0.25) is 0 Å². The van der Waals surface area contributed by atoms with Crippen molar-refractivity contribution in [2.45, 2.75) is 52.1 Å². The van der Waals surface area contributed by atoms with Crippen LogP contribution < -0.4 is 5.32 Å². The van der Waals surface area contributed by atoms with Crippen molar-refractivity contribution < 1.29 is 14.7 Å². The van der Waals surface area contributed by atoms with Crippen molar-refractivity contribution in [1.82, 2.24) is 15.1 Å². The molecule has 2 N–H and O–H groups in total. The van der Waals surface area contributed by atoms with Crippen molar-refractivity contribution in [1.29, 1.82) is 0 Å². The number of hydrogen-bond donors (Lipinski definition) is 2. The number of aliphatic carboxylic acids is 1. The lowest BCUT2D eigenvalue weighted by atomic mass is 10.1. The van der Waals surface area contributed by atoms with E-state index in [1.165, 1.54) is 6.92 Å². The fourth-order valence-electron chi connectivity index (χ4n) is 2.18. The maximum Gasteiger partial charge on any atom is 0.325 e. The third-order valence-electron chi connectivity index (χ3n) is 3.35. The zero-order valence-corrected chi connectivity index (χ0v) is 12.1. The smallest absolute Gasteiger partial charge is 0.325 e. The zero-order chi connectivity index (χ0) is 14.9. The third kappa shape index (κ3) is 3.18. The van der Waals surface area contributed by atoms with Crippen LogP contribution in [-0.2, 0) is 11.3 Å². The number of carbonyl (C=O) groups excluding carboxylic acids is 1. The van der Waals surface area contributed by atoms with Gasteiger partial charge in [0.05, 0.1) is 17.5 Å². The number of carboxylic acid groups (broad SMARTS) is 1. The summed E-state index contributed by atoms with van der Waals surface area (Å²) in [6.45, 7) is 6.43. The molecular formula is C14H21N3O3. The largest absolute Gasteiger partial charge is 0.480 e. The normalized spacial score (nSPS) is 16.2. The van der Waals surface area contributed by atoms with Crippen LogP contribution in [0.4, 0.5) is 0 Å². The average Bonchev–Trinajstić information content (AvgIpc) is 3.10. The van der Waals surface area contributed by atoms with Crippen LogP contribution in [0.3, 0.4) is 0 Å². The van der Waals surface area contributed by atoms with Crippen LogP contribution in [0.2, 0.25) is 0 Å². The number of amides is 1. The highest BCUT2D eigenvalue weighted by molar-refractivity contribution is 5.97. The van der Waals surface area contributed by atoms with Gasteiger partial charge in [-0.25, -0.2) is 0 Å². The van der Waals surface area contributed by atoms with Crippen LogP contribution in [0.1, 0.15) is 55.6 Å². The molecule has 0 aromatic carbocycles. The lowest BCUT2D eigenvalue weighted by Gasteiger charge is -2.12. The third-order valence-corrected chi connectivity index (χ3v) is 3.35. The Labute approximate surface area is 118 Å². The molecule has 1 saturated carbocycles. The summed E-state index contributed by atoms with van der Waals surface area (Å²) in [6.07, 6.45) is 3.69.